The molecule has 0 bridgehead atoms. The molecule has 1 aromatic carbocycles. The summed E-state index contributed by atoms with van der Waals surface area (Å²) in [5.74, 6) is 1.59. The second-order valence-corrected chi connectivity index (χ2v) is 9.80. The maximum Gasteiger partial charge on any atom is 0.254 e. The Labute approximate surface area is 231 Å². The first-order chi connectivity index (χ1) is 19.1. The van der Waals surface area contributed by atoms with Gasteiger partial charge in [0.25, 0.3) is 5.91 Å². The van der Waals surface area contributed by atoms with E-state index in [1.54, 1.807) is 12.4 Å². The number of fused-ring (bicyclic) bond motifs is 1. The molecule has 2 aromatic heterocycles. The second kappa shape index (κ2) is 11.0. The largest absolute Gasteiger partial charge is 0.378 e. The van der Waals surface area contributed by atoms with Crippen molar-refractivity contribution in [1.82, 2.24) is 24.8 Å². The van der Waals surface area contributed by atoms with Crippen molar-refractivity contribution in [3.05, 3.63) is 47.8 Å². The van der Waals surface area contributed by atoms with Crippen molar-refractivity contribution in [2.24, 2.45) is 0 Å². The molecule has 3 N–H and O–H groups in total. The van der Waals surface area contributed by atoms with Crippen LogP contribution in [-0.4, -0.2) is 95.0 Å². The molecule has 2 fully saturated rings. The first-order valence-corrected chi connectivity index (χ1v) is 13.3. The van der Waals surface area contributed by atoms with Gasteiger partial charge in [-0.1, -0.05) is 0 Å². The molecule has 0 spiro atoms. The van der Waals surface area contributed by atoms with Crippen LogP contribution in [0, 0.1) is 0 Å². The van der Waals surface area contributed by atoms with Gasteiger partial charge in [0.2, 0.25) is 11.9 Å². The molecule has 3 aromatic rings. The van der Waals surface area contributed by atoms with Gasteiger partial charge in [0.1, 0.15) is 5.82 Å². The Hall–Kier alpha value is -3.94. The average Bonchev–Trinajstić information content (AvgIpc) is 3.42. The van der Waals surface area contributed by atoms with Crippen molar-refractivity contribution in [3.63, 3.8) is 0 Å². The number of thiocarbonyl (C=S) groups is 1. The molecule has 202 valence electrons. The number of benzene rings is 1. The minimum absolute atomic E-state index is 0.00687. The molecular formula is C26H29N9O3S. The third-order valence-electron chi connectivity index (χ3n) is 6.98. The van der Waals surface area contributed by atoms with Gasteiger partial charge in [-0.05, 0) is 42.9 Å². The van der Waals surface area contributed by atoms with Crippen LogP contribution in [0.5, 0.6) is 0 Å². The zero-order valence-electron chi connectivity index (χ0n) is 21.4. The molecule has 0 atom stereocenters. The maximum absolute atomic E-state index is 12.8. The minimum atomic E-state index is 0.00687. The van der Waals surface area contributed by atoms with E-state index in [-0.39, 0.29) is 11.9 Å². The van der Waals surface area contributed by atoms with Crippen LogP contribution in [0.25, 0.3) is 11.3 Å². The summed E-state index contributed by atoms with van der Waals surface area (Å²) >= 11 is 5.83. The van der Waals surface area contributed by atoms with Gasteiger partial charge in [0.15, 0.2) is 5.11 Å². The number of amides is 1. The van der Waals surface area contributed by atoms with Crippen molar-refractivity contribution in [2.45, 2.75) is 6.42 Å². The van der Waals surface area contributed by atoms with E-state index < -0.39 is 0 Å². The SMILES string of the molecule is Nc1ncc(-c2nc(N3CCOCC3)nc3c2CCN3C(=S)Nc2ccc(C(=O)N3CCOCC3)cc2)cn1. The highest BCUT2D eigenvalue weighted by Crippen LogP contribution is 2.36. The summed E-state index contributed by atoms with van der Waals surface area (Å²) in [6.45, 7) is 5.65. The Morgan fingerprint density at radius 3 is 2.28 bits per heavy atom. The number of morpholine rings is 2. The number of rotatable bonds is 4. The van der Waals surface area contributed by atoms with Crippen LogP contribution < -0.4 is 20.9 Å². The number of nitrogens with two attached hydrogens (primary N) is 1. The van der Waals surface area contributed by atoms with Crippen LogP contribution in [0.3, 0.4) is 0 Å². The van der Waals surface area contributed by atoms with Gasteiger partial charge in [-0.2, -0.15) is 4.98 Å². The highest BCUT2D eigenvalue weighted by Gasteiger charge is 2.30. The van der Waals surface area contributed by atoms with Crippen molar-refractivity contribution in [1.29, 1.82) is 0 Å². The lowest BCUT2D eigenvalue weighted by Crippen LogP contribution is -2.40. The summed E-state index contributed by atoms with van der Waals surface area (Å²) in [4.78, 5) is 36.9. The highest BCUT2D eigenvalue weighted by molar-refractivity contribution is 7.80. The van der Waals surface area contributed by atoms with Gasteiger partial charge in [0, 0.05) is 67.5 Å². The van der Waals surface area contributed by atoms with E-state index in [1.165, 1.54) is 0 Å². The smallest absolute Gasteiger partial charge is 0.254 e. The number of hydrogen-bond donors (Lipinski definition) is 2. The summed E-state index contributed by atoms with van der Waals surface area (Å²) in [7, 11) is 0. The number of nitrogen functional groups attached to an aromatic ring is 1. The van der Waals surface area contributed by atoms with Crippen LogP contribution in [-0.2, 0) is 15.9 Å². The van der Waals surface area contributed by atoms with Crippen LogP contribution in [0.1, 0.15) is 15.9 Å². The normalized spacial score (nSPS) is 17.2. The third kappa shape index (κ3) is 5.33. The standard InChI is InChI=1S/C26H29N9O3S/c27-24-28-15-18(16-29-24)21-20-5-6-35(22(20)32-25(31-21)34-9-13-38-14-10-34)26(39)30-19-3-1-17(2-4-19)23(36)33-7-11-37-12-8-33/h1-4,15-16H,5-14H2,(H,30,39)(H2,27,28,29). The molecule has 0 radical (unpaired) electrons. The van der Waals surface area contributed by atoms with Gasteiger partial charge in [-0.25, -0.2) is 15.0 Å². The number of hydrogen-bond acceptors (Lipinski definition) is 10. The summed E-state index contributed by atoms with van der Waals surface area (Å²) in [5.41, 5.74) is 9.69. The highest BCUT2D eigenvalue weighted by atomic mass is 32.1. The fourth-order valence-electron chi connectivity index (χ4n) is 4.88. The molecule has 2 saturated heterocycles. The van der Waals surface area contributed by atoms with Crippen molar-refractivity contribution < 1.29 is 14.3 Å². The first-order valence-electron chi connectivity index (χ1n) is 12.9. The number of carbonyl (C=O) groups is 1. The summed E-state index contributed by atoms with van der Waals surface area (Å²) in [6, 6.07) is 7.37. The molecule has 3 aliphatic heterocycles. The number of ether oxygens (including phenoxy) is 2. The molecule has 1 amide bonds. The monoisotopic (exact) mass is 547 g/mol. The zero-order chi connectivity index (χ0) is 26.8. The van der Waals surface area contributed by atoms with Crippen molar-refractivity contribution in [2.75, 3.05) is 80.0 Å². The average molecular weight is 548 g/mol. The Balaban J connectivity index is 1.24. The fourth-order valence-corrected chi connectivity index (χ4v) is 5.18. The Bertz CT molecular complexity index is 1360. The van der Waals surface area contributed by atoms with Gasteiger partial charge in [0.05, 0.1) is 32.1 Å². The molecular weight excluding hydrogens is 518 g/mol. The van der Waals surface area contributed by atoms with Crippen LogP contribution in [0.2, 0.25) is 0 Å². The second-order valence-electron chi connectivity index (χ2n) is 9.42. The Morgan fingerprint density at radius 2 is 1.59 bits per heavy atom. The van der Waals surface area contributed by atoms with E-state index in [0.717, 1.165) is 28.3 Å². The van der Waals surface area contributed by atoms with E-state index in [2.05, 4.69) is 20.2 Å². The van der Waals surface area contributed by atoms with Gasteiger partial charge in [-0.3, -0.25) is 4.79 Å². The zero-order valence-corrected chi connectivity index (χ0v) is 22.2. The Kier molecular flexibility index (Phi) is 7.18. The lowest BCUT2D eigenvalue weighted by molar-refractivity contribution is 0.0303. The van der Waals surface area contributed by atoms with E-state index in [1.807, 2.05) is 34.1 Å². The van der Waals surface area contributed by atoms with Crippen molar-refractivity contribution in [3.8, 4) is 11.3 Å². The molecule has 0 aliphatic carbocycles. The molecule has 39 heavy (non-hydrogen) atoms. The van der Waals surface area contributed by atoms with Gasteiger partial charge in [-0.15, -0.1) is 0 Å². The summed E-state index contributed by atoms with van der Waals surface area (Å²) < 4.78 is 10.9. The van der Waals surface area contributed by atoms with Crippen LogP contribution in [0.4, 0.5) is 23.4 Å². The molecule has 3 aliphatic rings. The van der Waals surface area contributed by atoms with Gasteiger partial charge >= 0.3 is 0 Å². The van der Waals surface area contributed by atoms with Crippen LogP contribution in [0.15, 0.2) is 36.7 Å². The number of anilines is 4. The molecule has 6 rings (SSSR count). The minimum Gasteiger partial charge on any atom is -0.378 e. The molecule has 13 heteroatoms. The fraction of sp³-hybridized carbons (Fsp3) is 0.385. The molecule has 12 nitrogen and oxygen atoms in total. The van der Waals surface area contributed by atoms with Crippen LogP contribution >= 0.6 is 12.2 Å². The Morgan fingerprint density at radius 1 is 0.923 bits per heavy atom. The topological polar surface area (TPSA) is 135 Å². The third-order valence-corrected chi connectivity index (χ3v) is 7.30. The quantitative estimate of drug-likeness (QED) is 0.459. The number of nitrogens with one attached hydrogen (secondary N) is 1. The van der Waals surface area contributed by atoms with E-state index in [0.29, 0.717) is 82.2 Å². The first kappa shape index (κ1) is 25.3. The van der Waals surface area contributed by atoms with Crippen molar-refractivity contribution >= 4 is 46.6 Å². The van der Waals surface area contributed by atoms with E-state index >= 15 is 0 Å². The number of carbonyl (C=O) groups excluding carboxylic acids is 1. The summed E-state index contributed by atoms with van der Waals surface area (Å²) in [6.07, 6.45) is 4.09. The molecule has 0 unspecified atom stereocenters. The van der Waals surface area contributed by atoms with E-state index in [9.17, 15) is 4.79 Å². The predicted molar refractivity (Wildman–Crippen MR) is 151 cm³/mol. The molecule has 5 heterocycles. The number of nitrogens with zero attached hydrogens (tertiary/aromatic N) is 7. The number of aromatic nitrogens is 4. The predicted octanol–water partition coefficient (Wildman–Crippen LogP) is 1.58. The molecule has 0 saturated carbocycles. The van der Waals surface area contributed by atoms with Gasteiger partial charge < -0.3 is 35.2 Å². The van der Waals surface area contributed by atoms with E-state index in [4.69, 9.17) is 37.4 Å². The lowest BCUT2D eigenvalue weighted by atomic mass is 10.1. The summed E-state index contributed by atoms with van der Waals surface area (Å²) in [5, 5.41) is 3.83. The maximum atomic E-state index is 12.8. The lowest BCUT2D eigenvalue weighted by Gasteiger charge is -2.28.